The lowest BCUT2D eigenvalue weighted by atomic mass is 10.0. The van der Waals surface area contributed by atoms with E-state index in [1.807, 2.05) is 11.4 Å². The molecule has 0 aliphatic carbocycles. The molecule has 17 heavy (non-hydrogen) atoms. The van der Waals surface area contributed by atoms with Gasteiger partial charge >= 0.3 is 0 Å². The van der Waals surface area contributed by atoms with Gasteiger partial charge in [-0.05, 0) is 40.2 Å². The lowest BCUT2D eigenvalue weighted by Crippen LogP contribution is -2.15. The van der Waals surface area contributed by atoms with Crippen LogP contribution >= 0.6 is 27.3 Å². The Morgan fingerprint density at radius 2 is 2.41 bits per heavy atom. The Bertz CT molecular complexity index is 505. The summed E-state index contributed by atoms with van der Waals surface area (Å²) in [7, 11) is 0. The molecule has 0 radical (unpaired) electrons. The lowest BCUT2D eigenvalue weighted by Gasteiger charge is -2.17. The van der Waals surface area contributed by atoms with Crippen molar-refractivity contribution in [1.29, 1.82) is 0 Å². The number of ether oxygens (including phenoxy) is 1. The Kier molecular flexibility index (Phi) is 3.26. The van der Waals surface area contributed by atoms with Gasteiger partial charge in [0.1, 0.15) is 0 Å². The van der Waals surface area contributed by atoms with Crippen LogP contribution in [-0.2, 0) is 4.74 Å². The van der Waals surface area contributed by atoms with E-state index in [1.165, 1.54) is 0 Å². The van der Waals surface area contributed by atoms with Crippen molar-refractivity contribution in [3.8, 4) is 10.7 Å². The molecule has 1 unspecified atom stereocenters. The molecule has 2 aromatic rings. The van der Waals surface area contributed by atoms with Gasteiger partial charge in [0.2, 0.25) is 11.7 Å². The maximum absolute atomic E-state index is 5.43. The molecule has 0 bridgehead atoms. The zero-order chi connectivity index (χ0) is 11.7. The summed E-state index contributed by atoms with van der Waals surface area (Å²) in [5.74, 6) is 1.61. The second kappa shape index (κ2) is 4.88. The molecule has 3 heterocycles. The van der Waals surface area contributed by atoms with Gasteiger partial charge in [0.05, 0.1) is 17.4 Å². The van der Waals surface area contributed by atoms with Crippen LogP contribution in [0.2, 0.25) is 0 Å². The lowest BCUT2D eigenvalue weighted by molar-refractivity contribution is 0.0705. The fourth-order valence-corrected chi connectivity index (χ4v) is 3.36. The third-order valence-electron chi connectivity index (χ3n) is 2.77. The van der Waals surface area contributed by atoms with Crippen LogP contribution < -0.4 is 0 Å². The van der Waals surface area contributed by atoms with Gasteiger partial charge in [0.25, 0.3) is 0 Å². The quantitative estimate of drug-likeness (QED) is 0.851. The van der Waals surface area contributed by atoms with Gasteiger partial charge in [-0.2, -0.15) is 4.98 Å². The van der Waals surface area contributed by atoms with Crippen LogP contribution in [-0.4, -0.2) is 23.4 Å². The first kappa shape index (κ1) is 11.4. The first-order valence-corrected chi connectivity index (χ1v) is 7.16. The van der Waals surface area contributed by atoms with Gasteiger partial charge < -0.3 is 9.26 Å². The Labute approximate surface area is 111 Å². The van der Waals surface area contributed by atoms with E-state index in [2.05, 4.69) is 26.1 Å². The van der Waals surface area contributed by atoms with E-state index < -0.39 is 0 Å². The summed E-state index contributed by atoms with van der Waals surface area (Å²) in [6.45, 7) is 1.53. The molecule has 4 nitrogen and oxygen atoms in total. The van der Waals surface area contributed by atoms with Gasteiger partial charge in [0.15, 0.2) is 0 Å². The van der Waals surface area contributed by atoms with Crippen molar-refractivity contribution in [2.24, 2.45) is 0 Å². The third-order valence-corrected chi connectivity index (χ3v) is 4.61. The first-order valence-electron chi connectivity index (χ1n) is 5.49. The highest BCUT2D eigenvalue weighted by Gasteiger charge is 2.23. The largest absolute Gasteiger partial charge is 0.381 e. The maximum Gasteiger partial charge on any atom is 0.232 e. The molecule has 0 aromatic carbocycles. The minimum absolute atomic E-state index is 0.253. The summed E-state index contributed by atoms with van der Waals surface area (Å²) in [6, 6.07) is 1.99. The highest BCUT2D eigenvalue weighted by atomic mass is 79.9. The van der Waals surface area contributed by atoms with Crippen LogP contribution in [0.25, 0.3) is 10.7 Å². The molecule has 1 atom stereocenters. The molecule has 1 aliphatic rings. The minimum Gasteiger partial charge on any atom is -0.381 e. The number of hydrogen-bond acceptors (Lipinski definition) is 5. The van der Waals surface area contributed by atoms with Crippen molar-refractivity contribution in [2.45, 2.75) is 18.8 Å². The van der Waals surface area contributed by atoms with E-state index in [0.29, 0.717) is 18.3 Å². The SMILES string of the molecule is Brc1ccsc1-c1noc(C2CCCOC2)n1. The molecular weight excluding hydrogens is 304 g/mol. The number of halogens is 1. The average molecular weight is 315 g/mol. The third kappa shape index (κ3) is 2.29. The monoisotopic (exact) mass is 314 g/mol. The Hall–Kier alpha value is -0.720. The number of rotatable bonds is 2. The van der Waals surface area contributed by atoms with E-state index in [-0.39, 0.29) is 5.92 Å². The number of thiophene rings is 1. The van der Waals surface area contributed by atoms with Crippen molar-refractivity contribution < 1.29 is 9.26 Å². The summed E-state index contributed by atoms with van der Waals surface area (Å²) in [5.41, 5.74) is 0. The van der Waals surface area contributed by atoms with Crippen LogP contribution in [0.4, 0.5) is 0 Å². The Morgan fingerprint density at radius 3 is 3.12 bits per heavy atom. The van der Waals surface area contributed by atoms with Gasteiger partial charge in [-0.25, -0.2) is 0 Å². The second-order valence-electron chi connectivity index (χ2n) is 3.97. The molecular formula is C11H11BrN2O2S. The molecule has 0 amide bonds. The van der Waals surface area contributed by atoms with Crippen LogP contribution in [0.3, 0.4) is 0 Å². The second-order valence-corrected chi connectivity index (χ2v) is 5.74. The first-order chi connectivity index (χ1) is 8.34. The van der Waals surface area contributed by atoms with Crippen molar-refractivity contribution in [3.63, 3.8) is 0 Å². The molecule has 1 saturated heterocycles. The number of nitrogens with zero attached hydrogens (tertiary/aromatic N) is 2. The zero-order valence-electron chi connectivity index (χ0n) is 9.06. The summed E-state index contributed by atoms with van der Waals surface area (Å²) < 4.78 is 11.8. The molecule has 6 heteroatoms. The molecule has 2 aromatic heterocycles. The van der Waals surface area contributed by atoms with E-state index in [1.54, 1.807) is 11.3 Å². The highest BCUT2D eigenvalue weighted by Crippen LogP contribution is 2.33. The van der Waals surface area contributed by atoms with Crippen molar-refractivity contribution in [2.75, 3.05) is 13.2 Å². The Morgan fingerprint density at radius 1 is 1.47 bits per heavy atom. The molecule has 0 N–H and O–H groups in total. The predicted octanol–water partition coefficient (Wildman–Crippen LogP) is 3.45. The molecule has 1 aliphatic heterocycles. The fraction of sp³-hybridized carbons (Fsp3) is 0.455. The van der Waals surface area contributed by atoms with Gasteiger partial charge in [-0.1, -0.05) is 5.16 Å². The van der Waals surface area contributed by atoms with E-state index in [9.17, 15) is 0 Å². The zero-order valence-corrected chi connectivity index (χ0v) is 11.5. The minimum atomic E-state index is 0.253. The van der Waals surface area contributed by atoms with Crippen LogP contribution in [0, 0.1) is 0 Å². The van der Waals surface area contributed by atoms with Crippen LogP contribution in [0.5, 0.6) is 0 Å². The van der Waals surface area contributed by atoms with Crippen molar-refractivity contribution >= 4 is 27.3 Å². The highest BCUT2D eigenvalue weighted by molar-refractivity contribution is 9.10. The Balaban J connectivity index is 1.85. The van der Waals surface area contributed by atoms with Gasteiger partial charge in [-0.15, -0.1) is 11.3 Å². The van der Waals surface area contributed by atoms with Gasteiger partial charge in [0, 0.05) is 11.1 Å². The molecule has 90 valence electrons. The smallest absolute Gasteiger partial charge is 0.232 e. The van der Waals surface area contributed by atoms with Crippen molar-refractivity contribution in [3.05, 3.63) is 21.8 Å². The topological polar surface area (TPSA) is 48.2 Å². The number of hydrogen-bond donors (Lipinski definition) is 0. The maximum atomic E-state index is 5.43. The predicted molar refractivity (Wildman–Crippen MR) is 68.1 cm³/mol. The summed E-state index contributed by atoms with van der Waals surface area (Å²) in [4.78, 5) is 5.47. The van der Waals surface area contributed by atoms with Crippen LogP contribution in [0.15, 0.2) is 20.4 Å². The molecule has 0 saturated carbocycles. The summed E-state index contributed by atoms with van der Waals surface area (Å²) >= 11 is 5.07. The molecule has 3 rings (SSSR count). The number of aromatic nitrogens is 2. The average Bonchev–Trinajstić information content (AvgIpc) is 2.98. The van der Waals surface area contributed by atoms with Crippen molar-refractivity contribution in [1.82, 2.24) is 10.1 Å². The summed E-state index contributed by atoms with van der Waals surface area (Å²) in [5, 5.41) is 6.03. The molecule has 1 fully saturated rings. The normalized spacial score (nSPS) is 20.6. The van der Waals surface area contributed by atoms with E-state index in [0.717, 1.165) is 28.8 Å². The molecule has 0 spiro atoms. The van der Waals surface area contributed by atoms with Crippen LogP contribution in [0.1, 0.15) is 24.7 Å². The van der Waals surface area contributed by atoms with Gasteiger partial charge in [-0.3, -0.25) is 0 Å². The fourth-order valence-electron chi connectivity index (χ4n) is 1.88. The van der Waals surface area contributed by atoms with E-state index >= 15 is 0 Å². The van der Waals surface area contributed by atoms with E-state index in [4.69, 9.17) is 9.26 Å². The standard InChI is InChI=1S/C11H11BrN2O2S/c12-8-3-5-17-9(8)10-13-11(16-14-10)7-2-1-4-15-6-7/h3,5,7H,1-2,4,6H2. The summed E-state index contributed by atoms with van der Waals surface area (Å²) in [6.07, 6.45) is 2.12.